The SMILES string of the molecule is Cc1ccc(OC(C)CC(C)(N)CO)c(C)c1. The fraction of sp³-hybridized carbons (Fsp3) is 0.571. The standard InChI is InChI=1S/C14H23NO2/c1-10-5-6-13(11(2)7-10)17-12(3)8-14(4,15)9-16/h5-7,12,16H,8-9,15H2,1-4H3. The molecule has 0 aliphatic carbocycles. The first-order chi connectivity index (χ1) is 7.84. The molecule has 0 spiro atoms. The lowest BCUT2D eigenvalue weighted by Crippen LogP contribution is -2.43. The zero-order valence-corrected chi connectivity index (χ0v) is 11.2. The monoisotopic (exact) mass is 237 g/mol. The van der Waals surface area contributed by atoms with Gasteiger partial charge in [-0.3, -0.25) is 0 Å². The third kappa shape index (κ3) is 4.36. The Kier molecular flexibility index (Phi) is 4.54. The van der Waals surface area contributed by atoms with E-state index in [1.165, 1.54) is 5.56 Å². The van der Waals surface area contributed by atoms with Crippen molar-refractivity contribution >= 4 is 0 Å². The van der Waals surface area contributed by atoms with Crippen molar-refractivity contribution < 1.29 is 9.84 Å². The average Bonchev–Trinajstić information content (AvgIpc) is 2.21. The maximum atomic E-state index is 9.12. The Balaban J connectivity index is 2.65. The van der Waals surface area contributed by atoms with Gasteiger partial charge in [-0.2, -0.15) is 0 Å². The number of aryl methyl sites for hydroxylation is 2. The zero-order chi connectivity index (χ0) is 13.1. The first-order valence-electron chi connectivity index (χ1n) is 5.98. The smallest absolute Gasteiger partial charge is 0.122 e. The van der Waals surface area contributed by atoms with Crippen LogP contribution >= 0.6 is 0 Å². The van der Waals surface area contributed by atoms with Crippen LogP contribution in [0.15, 0.2) is 18.2 Å². The van der Waals surface area contributed by atoms with Gasteiger partial charge in [0.15, 0.2) is 0 Å². The van der Waals surface area contributed by atoms with Crippen molar-refractivity contribution in [3.05, 3.63) is 29.3 Å². The number of nitrogens with two attached hydrogens (primary N) is 1. The van der Waals surface area contributed by atoms with Crippen LogP contribution in [0.1, 0.15) is 31.4 Å². The maximum absolute atomic E-state index is 9.12. The second-order valence-corrected chi connectivity index (χ2v) is 5.21. The lowest BCUT2D eigenvalue weighted by Gasteiger charge is -2.26. The summed E-state index contributed by atoms with van der Waals surface area (Å²) in [5.41, 5.74) is 7.67. The first kappa shape index (κ1) is 14.0. The van der Waals surface area contributed by atoms with E-state index < -0.39 is 5.54 Å². The van der Waals surface area contributed by atoms with E-state index in [1.54, 1.807) is 0 Å². The molecule has 1 aromatic carbocycles. The van der Waals surface area contributed by atoms with Crippen molar-refractivity contribution in [2.75, 3.05) is 6.61 Å². The normalized spacial score (nSPS) is 16.4. The van der Waals surface area contributed by atoms with Gasteiger partial charge in [0.25, 0.3) is 0 Å². The predicted molar refractivity (Wildman–Crippen MR) is 70.3 cm³/mol. The summed E-state index contributed by atoms with van der Waals surface area (Å²) in [5.74, 6) is 0.886. The molecule has 0 aliphatic rings. The lowest BCUT2D eigenvalue weighted by atomic mass is 9.97. The second kappa shape index (κ2) is 5.52. The molecular weight excluding hydrogens is 214 g/mol. The molecule has 0 saturated carbocycles. The Morgan fingerprint density at radius 3 is 2.59 bits per heavy atom. The second-order valence-electron chi connectivity index (χ2n) is 5.21. The molecule has 0 heterocycles. The molecule has 0 aliphatic heterocycles. The summed E-state index contributed by atoms with van der Waals surface area (Å²) in [6.07, 6.45) is 0.607. The molecule has 2 unspecified atom stereocenters. The van der Waals surface area contributed by atoms with Gasteiger partial charge in [-0.1, -0.05) is 17.7 Å². The molecule has 2 atom stereocenters. The van der Waals surface area contributed by atoms with Gasteiger partial charge < -0.3 is 15.6 Å². The van der Waals surface area contributed by atoms with Gasteiger partial charge in [0.1, 0.15) is 5.75 Å². The van der Waals surface area contributed by atoms with E-state index in [4.69, 9.17) is 15.6 Å². The average molecular weight is 237 g/mol. The third-order valence-electron chi connectivity index (χ3n) is 2.77. The molecule has 0 saturated heterocycles. The van der Waals surface area contributed by atoms with Crippen LogP contribution in [0.3, 0.4) is 0 Å². The number of benzene rings is 1. The molecule has 0 fully saturated rings. The highest BCUT2D eigenvalue weighted by Crippen LogP contribution is 2.22. The van der Waals surface area contributed by atoms with Crippen molar-refractivity contribution in [3.63, 3.8) is 0 Å². The molecule has 17 heavy (non-hydrogen) atoms. The Morgan fingerprint density at radius 1 is 1.41 bits per heavy atom. The van der Waals surface area contributed by atoms with E-state index in [2.05, 4.69) is 13.0 Å². The summed E-state index contributed by atoms with van der Waals surface area (Å²) in [5, 5.41) is 9.12. The van der Waals surface area contributed by atoms with Gasteiger partial charge in [0.05, 0.1) is 12.7 Å². The van der Waals surface area contributed by atoms with Gasteiger partial charge in [-0.15, -0.1) is 0 Å². The van der Waals surface area contributed by atoms with Crippen LogP contribution in [0.25, 0.3) is 0 Å². The van der Waals surface area contributed by atoms with Crippen molar-refractivity contribution in [1.29, 1.82) is 0 Å². The molecule has 3 N–H and O–H groups in total. The van der Waals surface area contributed by atoms with Crippen LogP contribution in [-0.2, 0) is 0 Å². The third-order valence-corrected chi connectivity index (χ3v) is 2.77. The van der Waals surface area contributed by atoms with Crippen LogP contribution in [-0.4, -0.2) is 23.4 Å². The van der Waals surface area contributed by atoms with Crippen LogP contribution in [0.2, 0.25) is 0 Å². The van der Waals surface area contributed by atoms with Crippen LogP contribution in [0.4, 0.5) is 0 Å². The molecule has 3 heteroatoms. The van der Waals surface area contributed by atoms with Crippen molar-refractivity contribution in [2.24, 2.45) is 5.73 Å². The number of ether oxygens (including phenoxy) is 1. The minimum Gasteiger partial charge on any atom is -0.490 e. The minimum atomic E-state index is -0.585. The number of aliphatic hydroxyl groups is 1. The zero-order valence-electron chi connectivity index (χ0n) is 11.2. The number of rotatable bonds is 5. The highest BCUT2D eigenvalue weighted by atomic mass is 16.5. The molecule has 1 aromatic rings. The molecule has 0 aromatic heterocycles. The van der Waals surface area contributed by atoms with Gasteiger partial charge >= 0.3 is 0 Å². The van der Waals surface area contributed by atoms with Gasteiger partial charge in [0.2, 0.25) is 0 Å². The Hall–Kier alpha value is -1.06. The maximum Gasteiger partial charge on any atom is 0.122 e. The lowest BCUT2D eigenvalue weighted by molar-refractivity contribution is 0.133. The molecule has 0 amide bonds. The van der Waals surface area contributed by atoms with E-state index in [-0.39, 0.29) is 12.7 Å². The predicted octanol–water partition coefficient (Wildman–Crippen LogP) is 2.17. The summed E-state index contributed by atoms with van der Waals surface area (Å²) < 4.78 is 5.85. The van der Waals surface area contributed by atoms with Crippen LogP contribution < -0.4 is 10.5 Å². The number of aliphatic hydroxyl groups excluding tert-OH is 1. The largest absolute Gasteiger partial charge is 0.490 e. The number of hydrogen-bond acceptors (Lipinski definition) is 3. The highest BCUT2D eigenvalue weighted by molar-refractivity contribution is 5.35. The first-order valence-corrected chi connectivity index (χ1v) is 5.98. The Bertz CT molecular complexity index is 374. The topological polar surface area (TPSA) is 55.5 Å². The summed E-state index contributed by atoms with van der Waals surface area (Å²) in [6, 6.07) is 6.10. The molecule has 0 radical (unpaired) electrons. The fourth-order valence-electron chi connectivity index (χ4n) is 1.91. The summed E-state index contributed by atoms with van der Waals surface area (Å²) in [4.78, 5) is 0. The molecule has 3 nitrogen and oxygen atoms in total. The van der Waals surface area contributed by atoms with Crippen LogP contribution in [0.5, 0.6) is 5.75 Å². The minimum absolute atomic E-state index is 0.0152. The van der Waals surface area contributed by atoms with E-state index >= 15 is 0 Å². The number of hydrogen-bond donors (Lipinski definition) is 2. The van der Waals surface area contributed by atoms with Crippen molar-refractivity contribution in [2.45, 2.75) is 45.8 Å². The molecule has 0 bridgehead atoms. The summed E-state index contributed by atoms with van der Waals surface area (Å²) in [6.45, 7) is 7.86. The Morgan fingerprint density at radius 2 is 2.06 bits per heavy atom. The Labute approximate surface area is 104 Å². The van der Waals surface area contributed by atoms with E-state index in [0.717, 1.165) is 11.3 Å². The highest BCUT2D eigenvalue weighted by Gasteiger charge is 2.21. The summed E-state index contributed by atoms with van der Waals surface area (Å²) >= 11 is 0. The quantitative estimate of drug-likeness (QED) is 0.825. The van der Waals surface area contributed by atoms with E-state index in [1.807, 2.05) is 32.9 Å². The fourth-order valence-corrected chi connectivity index (χ4v) is 1.91. The van der Waals surface area contributed by atoms with Crippen LogP contribution in [0, 0.1) is 13.8 Å². The summed E-state index contributed by atoms with van der Waals surface area (Å²) in [7, 11) is 0. The van der Waals surface area contributed by atoms with Crippen molar-refractivity contribution in [3.8, 4) is 5.75 Å². The van der Waals surface area contributed by atoms with Gasteiger partial charge in [-0.25, -0.2) is 0 Å². The van der Waals surface area contributed by atoms with Crippen molar-refractivity contribution in [1.82, 2.24) is 0 Å². The van der Waals surface area contributed by atoms with E-state index in [9.17, 15) is 0 Å². The van der Waals surface area contributed by atoms with E-state index in [0.29, 0.717) is 6.42 Å². The molecule has 96 valence electrons. The van der Waals surface area contributed by atoms with Gasteiger partial charge in [-0.05, 0) is 39.3 Å². The molecule has 1 rings (SSSR count). The molecular formula is C14H23NO2. The van der Waals surface area contributed by atoms with Gasteiger partial charge in [0, 0.05) is 12.0 Å².